The fourth-order valence-electron chi connectivity index (χ4n) is 1.60. The van der Waals surface area contributed by atoms with Crippen molar-refractivity contribution in [3.63, 3.8) is 0 Å². The molecule has 0 aliphatic rings. The van der Waals surface area contributed by atoms with E-state index in [1.807, 2.05) is 44.2 Å². The van der Waals surface area contributed by atoms with Gasteiger partial charge in [0.2, 0.25) is 0 Å². The van der Waals surface area contributed by atoms with E-state index in [-0.39, 0.29) is 0 Å². The van der Waals surface area contributed by atoms with Crippen LogP contribution in [0.5, 0.6) is 5.75 Å². The first kappa shape index (κ1) is 12.3. The van der Waals surface area contributed by atoms with E-state index in [1.165, 1.54) is 0 Å². The van der Waals surface area contributed by atoms with Crippen molar-refractivity contribution in [2.45, 2.75) is 20.3 Å². The van der Waals surface area contributed by atoms with Crippen molar-refractivity contribution >= 4 is 5.57 Å². The van der Waals surface area contributed by atoms with Crippen LogP contribution in [0, 0.1) is 0 Å². The molecule has 0 saturated carbocycles. The predicted octanol–water partition coefficient (Wildman–Crippen LogP) is 4.10. The maximum Gasteiger partial charge on any atom is 0.118 e. The van der Waals surface area contributed by atoms with Gasteiger partial charge < -0.3 is 5.11 Å². The molecule has 0 aliphatic heterocycles. The highest BCUT2D eigenvalue weighted by Crippen LogP contribution is 2.24. The largest absolute Gasteiger partial charge is 0.508 e. The minimum atomic E-state index is 0.365. The zero-order valence-electron chi connectivity index (χ0n) is 9.90. The molecule has 0 spiro atoms. The monoisotopic (exact) mass is 214 g/mol. The summed E-state index contributed by atoms with van der Waals surface area (Å²) in [5.74, 6) is 0.365. The molecular formula is C15H18O. The van der Waals surface area contributed by atoms with Crippen molar-refractivity contribution in [2.24, 2.45) is 0 Å². The quantitative estimate of drug-likeness (QED) is 0.748. The van der Waals surface area contributed by atoms with Crippen LogP contribution in [-0.2, 0) is 6.42 Å². The zero-order valence-corrected chi connectivity index (χ0v) is 9.90. The van der Waals surface area contributed by atoms with Gasteiger partial charge in [-0.15, -0.1) is 0 Å². The Morgan fingerprint density at radius 3 is 2.75 bits per heavy atom. The third-order valence-corrected chi connectivity index (χ3v) is 2.44. The SMILES string of the molecule is C=C/C=C(\C=C/C)c1ccc(O)c(CC)c1. The van der Waals surface area contributed by atoms with Crippen LogP contribution in [0.25, 0.3) is 5.57 Å². The summed E-state index contributed by atoms with van der Waals surface area (Å²) in [4.78, 5) is 0. The van der Waals surface area contributed by atoms with Crippen LogP contribution in [0.4, 0.5) is 0 Å². The van der Waals surface area contributed by atoms with Crippen molar-refractivity contribution in [3.05, 3.63) is 60.2 Å². The Kier molecular flexibility index (Phi) is 4.59. The standard InChI is InChI=1S/C15H18O/c1-4-7-13(8-5-2)14-9-10-15(16)12(6-3)11-14/h4-5,7-11,16H,1,6H2,2-3H3/b8-5-,13-7+. The Hall–Kier alpha value is -1.76. The molecule has 1 aromatic carbocycles. The van der Waals surface area contributed by atoms with E-state index in [4.69, 9.17) is 0 Å². The molecule has 0 heterocycles. The average Bonchev–Trinajstić information content (AvgIpc) is 2.29. The summed E-state index contributed by atoms with van der Waals surface area (Å²) >= 11 is 0. The Labute approximate surface area is 97.4 Å². The second-order valence-corrected chi connectivity index (χ2v) is 3.55. The zero-order chi connectivity index (χ0) is 12.0. The Morgan fingerprint density at radius 1 is 1.44 bits per heavy atom. The van der Waals surface area contributed by atoms with Crippen LogP contribution in [0.2, 0.25) is 0 Å². The number of hydrogen-bond acceptors (Lipinski definition) is 1. The Morgan fingerprint density at radius 2 is 2.19 bits per heavy atom. The van der Waals surface area contributed by atoms with Gasteiger partial charge in [0.1, 0.15) is 5.75 Å². The first-order valence-electron chi connectivity index (χ1n) is 5.50. The van der Waals surface area contributed by atoms with E-state index in [0.717, 1.165) is 23.1 Å². The number of rotatable bonds is 4. The van der Waals surface area contributed by atoms with Gasteiger partial charge >= 0.3 is 0 Å². The number of allylic oxidation sites excluding steroid dienone is 5. The second kappa shape index (κ2) is 5.96. The van der Waals surface area contributed by atoms with Gasteiger partial charge in [-0.25, -0.2) is 0 Å². The van der Waals surface area contributed by atoms with Crippen molar-refractivity contribution < 1.29 is 5.11 Å². The molecule has 1 aromatic rings. The summed E-state index contributed by atoms with van der Waals surface area (Å²) in [5.41, 5.74) is 3.18. The lowest BCUT2D eigenvalue weighted by atomic mass is 10.0. The first-order chi connectivity index (χ1) is 7.72. The van der Waals surface area contributed by atoms with Gasteiger partial charge in [0.05, 0.1) is 0 Å². The minimum Gasteiger partial charge on any atom is -0.508 e. The molecule has 0 atom stereocenters. The molecule has 1 N–H and O–H groups in total. The minimum absolute atomic E-state index is 0.365. The summed E-state index contributed by atoms with van der Waals surface area (Å²) in [6.07, 6.45) is 8.60. The van der Waals surface area contributed by atoms with Crippen molar-refractivity contribution in [1.29, 1.82) is 0 Å². The highest BCUT2D eigenvalue weighted by molar-refractivity contribution is 5.75. The van der Waals surface area contributed by atoms with Crippen LogP contribution >= 0.6 is 0 Å². The van der Waals surface area contributed by atoms with Crippen molar-refractivity contribution in [1.82, 2.24) is 0 Å². The van der Waals surface area contributed by atoms with E-state index < -0.39 is 0 Å². The molecule has 0 bridgehead atoms. The highest BCUT2D eigenvalue weighted by atomic mass is 16.3. The van der Waals surface area contributed by atoms with Gasteiger partial charge in [0.15, 0.2) is 0 Å². The molecular weight excluding hydrogens is 196 g/mol. The van der Waals surface area contributed by atoms with Crippen LogP contribution in [0.3, 0.4) is 0 Å². The average molecular weight is 214 g/mol. The van der Waals surface area contributed by atoms with Gasteiger partial charge in [-0.3, -0.25) is 0 Å². The fourth-order valence-corrected chi connectivity index (χ4v) is 1.60. The van der Waals surface area contributed by atoms with Crippen LogP contribution in [-0.4, -0.2) is 5.11 Å². The van der Waals surface area contributed by atoms with Crippen molar-refractivity contribution in [3.8, 4) is 5.75 Å². The van der Waals surface area contributed by atoms with Crippen molar-refractivity contribution in [2.75, 3.05) is 0 Å². The number of phenols is 1. The summed E-state index contributed by atoms with van der Waals surface area (Å²) in [5, 5.41) is 9.62. The molecule has 16 heavy (non-hydrogen) atoms. The predicted molar refractivity (Wildman–Crippen MR) is 70.5 cm³/mol. The normalized spacial score (nSPS) is 12.0. The number of hydrogen-bond donors (Lipinski definition) is 1. The lowest BCUT2D eigenvalue weighted by Gasteiger charge is -2.06. The van der Waals surface area contributed by atoms with E-state index in [2.05, 4.69) is 6.58 Å². The maximum atomic E-state index is 9.62. The van der Waals surface area contributed by atoms with Crippen LogP contribution in [0.1, 0.15) is 25.0 Å². The van der Waals surface area contributed by atoms with Gasteiger partial charge in [-0.1, -0.05) is 43.9 Å². The maximum absolute atomic E-state index is 9.62. The molecule has 0 aromatic heterocycles. The summed E-state index contributed by atoms with van der Waals surface area (Å²) in [6, 6.07) is 5.68. The van der Waals surface area contributed by atoms with E-state index in [9.17, 15) is 5.11 Å². The van der Waals surface area contributed by atoms with E-state index in [0.29, 0.717) is 5.75 Å². The second-order valence-electron chi connectivity index (χ2n) is 3.55. The molecule has 1 nitrogen and oxygen atoms in total. The first-order valence-corrected chi connectivity index (χ1v) is 5.50. The third kappa shape index (κ3) is 2.86. The van der Waals surface area contributed by atoms with E-state index >= 15 is 0 Å². The molecule has 1 rings (SSSR count). The molecule has 0 fully saturated rings. The number of aryl methyl sites for hydroxylation is 1. The van der Waals surface area contributed by atoms with Gasteiger partial charge in [-0.2, -0.15) is 0 Å². The van der Waals surface area contributed by atoms with Crippen LogP contribution in [0.15, 0.2) is 49.1 Å². The third-order valence-electron chi connectivity index (χ3n) is 2.44. The van der Waals surface area contributed by atoms with Gasteiger partial charge in [0, 0.05) is 0 Å². The molecule has 0 saturated heterocycles. The topological polar surface area (TPSA) is 20.2 Å². The number of benzene rings is 1. The molecule has 0 aliphatic carbocycles. The summed E-state index contributed by atoms with van der Waals surface area (Å²) in [7, 11) is 0. The van der Waals surface area contributed by atoms with Gasteiger partial charge in [0.25, 0.3) is 0 Å². The molecule has 0 unspecified atom stereocenters. The van der Waals surface area contributed by atoms with Crippen LogP contribution < -0.4 is 0 Å². The fraction of sp³-hybridized carbons (Fsp3) is 0.200. The molecule has 84 valence electrons. The molecule has 0 amide bonds. The number of phenolic OH excluding ortho intramolecular Hbond substituents is 1. The lowest BCUT2D eigenvalue weighted by Crippen LogP contribution is -1.86. The highest BCUT2D eigenvalue weighted by Gasteiger charge is 2.02. The Balaban J connectivity index is 3.20. The molecule has 0 radical (unpaired) electrons. The van der Waals surface area contributed by atoms with Gasteiger partial charge in [-0.05, 0) is 42.2 Å². The lowest BCUT2D eigenvalue weighted by molar-refractivity contribution is 0.469. The Bertz CT molecular complexity index is 425. The number of aromatic hydroxyl groups is 1. The summed E-state index contributed by atoms with van der Waals surface area (Å²) in [6.45, 7) is 7.73. The summed E-state index contributed by atoms with van der Waals surface area (Å²) < 4.78 is 0. The smallest absolute Gasteiger partial charge is 0.118 e. The molecule has 1 heteroatoms. The van der Waals surface area contributed by atoms with E-state index in [1.54, 1.807) is 12.1 Å².